The number of para-hydroxylation sites is 1. The molecule has 2 amide bonds. The van der Waals surface area contributed by atoms with Crippen LogP contribution >= 0.6 is 0 Å². The molecule has 1 aliphatic heterocycles. The van der Waals surface area contributed by atoms with Gasteiger partial charge in [0.15, 0.2) is 0 Å². The van der Waals surface area contributed by atoms with Gasteiger partial charge in [0.1, 0.15) is 0 Å². The Morgan fingerprint density at radius 2 is 1.80 bits per heavy atom. The van der Waals surface area contributed by atoms with E-state index >= 15 is 0 Å². The number of rotatable bonds is 2. The first-order chi connectivity index (χ1) is 11.9. The van der Waals surface area contributed by atoms with E-state index in [9.17, 15) is 9.59 Å². The van der Waals surface area contributed by atoms with Crippen molar-refractivity contribution < 1.29 is 9.59 Å². The van der Waals surface area contributed by atoms with Gasteiger partial charge in [0, 0.05) is 13.6 Å². The molecule has 1 heterocycles. The summed E-state index contributed by atoms with van der Waals surface area (Å²) in [5.74, 6) is -0.450. The van der Waals surface area contributed by atoms with Crippen LogP contribution in [0.25, 0.3) is 0 Å². The molecule has 0 N–H and O–H groups in total. The molecule has 0 unspecified atom stereocenters. The van der Waals surface area contributed by atoms with Crippen molar-refractivity contribution in [2.45, 2.75) is 26.7 Å². The lowest BCUT2D eigenvalue weighted by molar-refractivity contribution is -0.121. The second kappa shape index (κ2) is 6.71. The van der Waals surface area contributed by atoms with Gasteiger partial charge >= 0.3 is 0 Å². The highest BCUT2D eigenvalue weighted by atomic mass is 16.2. The SMILES string of the molecule is Cc1cccc2c1N(C(=O)[C@@H](C)c1ccccc1)C[C@H](C)C(=O)N2C. The summed E-state index contributed by atoms with van der Waals surface area (Å²) in [6.07, 6.45) is 0. The third-order valence-electron chi connectivity index (χ3n) is 4.99. The van der Waals surface area contributed by atoms with Gasteiger partial charge in [0.2, 0.25) is 11.8 Å². The molecule has 2 atom stereocenters. The van der Waals surface area contributed by atoms with Crippen LogP contribution < -0.4 is 9.80 Å². The number of benzene rings is 2. The van der Waals surface area contributed by atoms with Crippen LogP contribution in [0.1, 0.15) is 30.9 Å². The predicted molar refractivity (Wildman–Crippen MR) is 101 cm³/mol. The number of fused-ring (bicyclic) bond motifs is 1. The van der Waals surface area contributed by atoms with Gasteiger partial charge in [-0.2, -0.15) is 0 Å². The quantitative estimate of drug-likeness (QED) is 0.838. The topological polar surface area (TPSA) is 40.6 Å². The zero-order chi connectivity index (χ0) is 18.1. The molecule has 3 rings (SSSR count). The molecule has 0 spiro atoms. The van der Waals surface area contributed by atoms with Gasteiger partial charge in [0.05, 0.1) is 23.2 Å². The van der Waals surface area contributed by atoms with Crippen LogP contribution in [-0.4, -0.2) is 25.4 Å². The fraction of sp³-hybridized carbons (Fsp3) is 0.333. The summed E-state index contributed by atoms with van der Waals surface area (Å²) in [4.78, 5) is 29.4. The summed E-state index contributed by atoms with van der Waals surface area (Å²) in [6.45, 7) is 6.20. The van der Waals surface area contributed by atoms with Gasteiger partial charge in [-0.25, -0.2) is 0 Å². The number of hydrogen-bond donors (Lipinski definition) is 0. The number of amides is 2. The van der Waals surface area contributed by atoms with E-state index in [-0.39, 0.29) is 23.7 Å². The van der Waals surface area contributed by atoms with Gasteiger partial charge in [-0.1, -0.05) is 49.4 Å². The lowest BCUT2D eigenvalue weighted by atomic mass is 9.98. The molecular weight excluding hydrogens is 312 g/mol. The molecule has 1 aliphatic rings. The maximum absolute atomic E-state index is 13.3. The van der Waals surface area contributed by atoms with E-state index in [1.54, 1.807) is 16.8 Å². The van der Waals surface area contributed by atoms with E-state index < -0.39 is 0 Å². The largest absolute Gasteiger partial charge is 0.313 e. The summed E-state index contributed by atoms with van der Waals surface area (Å²) >= 11 is 0. The zero-order valence-electron chi connectivity index (χ0n) is 15.2. The van der Waals surface area contributed by atoms with E-state index in [1.165, 1.54) is 0 Å². The normalized spacial score (nSPS) is 18.6. The standard InChI is InChI=1S/C21H24N2O2/c1-14-9-8-12-18-19(14)23(13-15(2)20(24)22(18)4)21(25)16(3)17-10-6-5-7-11-17/h5-12,15-16H,13H2,1-4H3/t15-,16-/m0/s1. The minimum Gasteiger partial charge on any atom is -0.313 e. The Bertz CT molecular complexity index is 801. The van der Waals surface area contributed by atoms with Crippen molar-refractivity contribution in [3.05, 3.63) is 59.7 Å². The van der Waals surface area contributed by atoms with Crippen molar-refractivity contribution in [3.8, 4) is 0 Å². The summed E-state index contributed by atoms with van der Waals surface area (Å²) in [5, 5.41) is 0. The van der Waals surface area contributed by atoms with E-state index in [0.29, 0.717) is 6.54 Å². The fourth-order valence-corrected chi connectivity index (χ4v) is 3.48. The van der Waals surface area contributed by atoms with E-state index in [4.69, 9.17) is 0 Å². The monoisotopic (exact) mass is 336 g/mol. The summed E-state index contributed by atoms with van der Waals surface area (Å²) in [6, 6.07) is 15.6. The Morgan fingerprint density at radius 1 is 1.12 bits per heavy atom. The van der Waals surface area contributed by atoms with Crippen molar-refractivity contribution in [3.63, 3.8) is 0 Å². The molecule has 0 fully saturated rings. The van der Waals surface area contributed by atoms with Crippen molar-refractivity contribution in [2.24, 2.45) is 5.92 Å². The second-order valence-corrected chi connectivity index (χ2v) is 6.82. The fourth-order valence-electron chi connectivity index (χ4n) is 3.48. The summed E-state index contributed by atoms with van der Waals surface area (Å²) < 4.78 is 0. The molecule has 0 saturated heterocycles. The molecule has 2 aromatic carbocycles. The molecule has 2 aromatic rings. The van der Waals surface area contributed by atoms with Crippen molar-refractivity contribution in [1.29, 1.82) is 0 Å². The molecule has 0 aliphatic carbocycles. The van der Waals surface area contributed by atoms with Crippen molar-refractivity contribution in [2.75, 3.05) is 23.4 Å². The average molecular weight is 336 g/mol. The van der Waals surface area contributed by atoms with Crippen molar-refractivity contribution >= 4 is 23.2 Å². The molecule has 0 radical (unpaired) electrons. The third-order valence-corrected chi connectivity index (χ3v) is 4.99. The Balaban J connectivity index is 2.07. The Morgan fingerprint density at radius 3 is 2.48 bits per heavy atom. The molecule has 4 heteroatoms. The van der Waals surface area contributed by atoms with Crippen LogP contribution in [0.4, 0.5) is 11.4 Å². The molecule has 25 heavy (non-hydrogen) atoms. The van der Waals surface area contributed by atoms with Crippen LogP contribution in [0.2, 0.25) is 0 Å². The first-order valence-corrected chi connectivity index (χ1v) is 8.65. The van der Waals surface area contributed by atoms with Gasteiger partial charge < -0.3 is 9.80 Å². The van der Waals surface area contributed by atoms with Gasteiger partial charge in [-0.05, 0) is 31.0 Å². The highest BCUT2D eigenvalue weighted by Gasteiger charge is 2.34. The van der Waals surface area contributed by atoms with E-state index in [0.717, 1.165) is 22.5 Å². The van der Waals surface area contributed by atoms with Crippen LogP contribution in [0.15, 0.2) is 48.5 Å². The highest BCUT2D eigenvalue weighted by molar-refractivity contribution is 6.07. The van der Waals surface area contributed by atoms with E-state index in [2.05, 4.69) is 0 Å². The van der Waals surface area contributed by atoms with Crippen molar-refractivity contribution in [1.82, 2.24) is 0 Å². The number of carbonyl (C=O) groups is 2. The summed E-state index contributed by atoms with van der Waals surface area (Å²) in [7, 11) is 1.78. The van der Waals surface area contributed by atoms with Crippen LogP contribution in [0.3, 0.4) is 0 Å². The minimum atomic E-state index is -0.264. The maximum Gasteiger partial charge on any atom is 0.234 e. The molecule has 0 aromatic heterocycles. The van der Waals surface area contributed by atoms with Crippen LogP contribution in [-0.2, 0) is 9.59 Å². The highest BCUT2D eigenvalue weighted by Crippen LogP contribution is 2.37. The third kappa shape index (κ3) is 3.04. The molecule has 0 saturated carbocycles. The predicted octanol–water partition coefficient (Wildman–Crippen LogP) is 3.74. The second-order valence-electron chi connectivity index (χ2n) is 6.82. The number of carbonyl (C=O) groups excluding carboxylic acids is 2. The number of aryl methyl sites for hydroxylation is 1. The van der Waals surface area contributed by atoms with Crippen LogP contribution in [0, 0.1) is 12.8 Å². The van der Waals surface area contributed by atoms with Gasteiger partial charge in [-0.3, -0.25) is 9.59 Å². The average Bonchev–Trinajstić information content (AvgIpc) is 2.73. The number of nitrogens with zero attached hydrogens (tertiary/aromatic N) is 2. The van der Waals surface area contributed by atoms with Gasteiger partial charge in [-0.15, -0.1) is 0 Å². The maximum atomic E-state index is 13.3. The van der Waals surface area contributed by atoms with E-state index in [1.807, 2.05) is 69.3 Å². The Kier molecular flexibility index (Phi) is 4.62. The Labute approximate surface area is 149 Å². The summed E-state index contributed by atoms with van der Waals surface area (Å²) in [5.41, 5.74) is 3.62. The molecule has 0 bridgehead atoms. The lowest BCUT2D eigenvalue weighted by Gasteiger charge is -2.28. The zero-order valence-corrected chi connectivity index (χ0v) is 15.2. The molecule has 130 valence electrons. The number of anilines is 2. The molecule has 4 nitrogen and oxygen atoms in total. The first kappa shape index (κ1) is 17.2. The smallest absolute Gasteiger partial charge is 0.234 e. The number of hydrogen-bond acceptors (Lipinski definition) is 2. The van der Waals surface area contributed by atoms with Crippen LogP contribution in [0.5, 0.6) is 0 Å². The Hall–Kier alpha value is -2.62. The molecular formula is C21H24N2O2. The van der Waals surface area contributed by atoms with Gasteiger partial charge in [0.25, 0.3) is 0 Å². The minimum absolute atomic E-state index is 0.0247. The first-order valence-electron chi connectivity index (χ1n) is 8.65. The lowest BCUT2D eigenvalue weighted by Crippen LogP contribution is -2.39.